The Hall–Kier alpha value is -1.67. The molecule has 18 heavy (non-hydrogen) atoms. The van der Waals surface area contributed by atoms with E-state index < -0.39 is 19.0 Å². The van der Waals surface area contributed by atoms with Gasteiger partial charge in [0.25, 0.3) is 6.43 Å². The molecule has 0 aliphatic heterocycles. The third-order valence-electron chi connectivity index (χ3n) is 2.17. The molecule has 0 atom stereocenters. The van der Waals surface area contributed by atoms with Gasteiger partial charge in [0.2, 0.25) is 5.95 Å². The van der Waals surface area contributed by atoms with Crippen LogP contribution in [0, 0.1) is 5.95 Å². The standard InChI is InChI=1S/C10H8F3N3OS/c11-9(12)7-3-8(18-16-7)15-6-1-2-14-10(13)5(6)4-17/h1-3,9,17H,4H2,(H,14,15). The van der Waals surface area contributed by atoms with Gasteiger partial charge in [-0.2, -0.15) is 8.76 Å². The summed E-state index contributed by atoms with van der Waals surface area (Å²) in [5, 5.41) is 12.1. The molecular formula is C10H8F3N3OS. The van der Waals surface area contributed by atoms with Crippen molar-refractivity contribution in [2.45, 2.75) is 13.0 Å². The maximum Gasteiger partial charge on any atom is 0.281 e. The molecule has 0 aliphatic rings. The second-order valence-corrected chi connectivity index (χ2v) is 4.13. The molecule has 0 amide bonds. The predicted octanol–water partition coefficient (Wildman–Crippen LogP) is 2.85. The number of aromatic nitrogens is 2. The van der Waals surface area contributed by atoms with Gasteiger partial charge >= 0.3 is 0 Å². The van der Waals surface area contributed by atoms with Crippen LogP contribution in [0.5, 0.6) is 0 Å². The van der Waals surface area contributed by atoms with E-state index in [0.29, 0.717) is 5.00 Å². The summed E-state index contributed by atoms with van der Waals surface area (Å²) in [7, 11) is 0. The summed E-state index contributed by atoms with van der Waals surface area (Å²) < 4.78 is 41.5. The quantitative estimate of drug-likeness (QED) is 0.842. The van der Waals surface area contributed by atoms with Gasteiger partial charge in [-0.3, -0.25) is 0 Å². The highest BCUT2D eigenvalue weighted by Gasteiger charge is 2.14. The fourth-order valence-corrected chi connectivity index (χ4v) is 1.98. The monoisotopic (exact) mass is 275 g/mol. The Kier molecular flexibility index (Phi) is 3.78. The van der Waals surface area contributed by atoms with Crippen molar-refractivity contribution in [1.82, 2.24) is 9.36 Å². The van der Waals surface area contributed by atoms with Crippen LogP contribution in [-0.4, -0.2) is 14.5 Å². The lowest BCUT2D eigenvalue weighted by Crippen LogP contribution is -2.00. The third-order valence-corrected chi connectivity index (χ3v) is 2.89. The van der Waals surface area contributed by atoms with E-state index >= 15 is 0 Å². The average Bonchev–Trinajstić information content (AvgIpc) is 2.78. The lowest BCUT2D eigenvalue weighted by atomic mass is 10.2. The van der Waals surface area contributed by atoms with Crippen LogP contribution >= 0.6 is 11.5 Å². The van der Waals surface area contributed by atoms with Crippen LogP contribution in [0.25, 0.3) is 0 Å². The van der Waals surface area contributed by atoms with Crippen molar-refractivity contribution >= 4 is 22.2 Å². The maximum absolute atomic E-state index is 13.2. The first-order chi connectivity index (χ1) is 8.61. The number of nitrogens with zero attached hydrogens (tertiary/aromatic N) is 2. The molecular weight excluding hydrogens is 267 g/mol. The Morgan fingerprint density at radius 1 is 1.44 bits per heavy atom. The molecule has 0 unspecified atom stereocenters. The minimum Gasteiger partial charge on any atom is -0.391 e. The SMILES string of the molecule is OCc1c(Nc2cc(C(F)F)ns2)ccnc1F. The Balaban J connectivity index is 2.25. The minimum atomic E-state index is -2.65. The number of nitrogens with one attached hydrogen (secondary N) is 1. The van der Waals surface area contributed by atoms with Crippen molar-refractivity contribution in [1.29, 1.82) is 0 Å². The minimum absolute atomic E-state index is 0.0236. The number of hydrogen-bond donors (Lipinski definition) is 2. The van der Waals surface area contributed by atoms with E-state index in [-0.39, 0.29) is 16.9 Å². The highest BCUT2D eigenvalue weighted by Crippen LogP contribution is 2.28. The second-order valence-electron chi connectivity index (χ2n) is 3.33. The van der Waals surface area contributed by atoms with Crippen molar-refractivity contribution in [2.75, 3.05) is 5.32 Å². The molecule has 2 N–H and O–H groups in total. The largest absolute Gasteiger partial charge is 0.391 e. The topological polar surface area (TPSA) is 58.0 Å². The fourth-order valence-electron chi connectivity index (χ4n) is 1.32. The summed E-state index contributed by atoms with van der Waals surface area (Å²) in [4.78, 5) is 3.39. The van der Waals surface area contributed by atoms with Gasteiger partial charge in [-0.15, -0.1) is 0 Å². The Labute approximate surface area is 104 Å². The molecule has 96 valence electrons. The first-order valence-electron chi connectivity index (χ1n) is 4.88. The number of hydrogen-bond acceptors (Lipinski definition) is 5. The normalized spacial score (nSPS) is 10.9. The number of halogens is 3. The summed E-state index contributed by atoms with van der Waals surface area (Å²) in [6, 6.07) is 2.62. The van der Waals surface area contributed by atoms with Crippen molar-refractivity contribution < 1.29 is 18.3 Å². The van der Waals surface area contributed by atoms with Crippen LogP contribution in [0.3, 0.4) is 0 Å². The van der Waals surface area contributed by atoms with Gasteiger partial charge in [0.1, 0.15) is 10.7 Å². The smallest absolute Gasteiger partial charge is 0.281 e. The number of anilines is 2. The summed E-state index contributed by atoms with van der Waals surface area (Å²) in [5.74, 6) is -0.805. The van der Waals surface area contributed by atoms with Crippen molar-refractivity contribution in [2.24, 2.45) is 0 Å². The third kappa shape index (κ3) is 2.59. The van der Waals surface area contributed by atoms with Crippen LogP contribution in [0.2, 0.25) is 0 Å². The molecule has 2 heterocycles. The van der Waals surface area contributed by atoms with E-state index in [1.165, 1.54) is 18.3 Å². The maximum atomic E-state index is 13.2. The predicted molar refractivity (Wildman–Crippen MR) is 60.5 cm³/mol. The van der Waals surface area contributed by atoms with Gasteiger partial charge in [0, 0.05) is 12.3 Å². The molecule has 0 spiro atoms. The zero-order valence-electron chi connectivity index (χ0n) is 8.90. The molecule has 0 bridgehead atoms. The van der Waals surface area contributed by atoms with E-state index in [9.17, 15) is 13.2 Å². The molecule has 2 rings (SSSR count). The van der Waals surface area contributed by atoms with E-state index in [2.05, 4.69) is 14.7 Å². The Morgan fingerprint density at radius 3 is 2.83 bits per heavy atom. The highest BCUT2D eigenvalue weighted by atomic mass is 32.1. The first kappa shape index (κ1) is 12.8. The molecule has 0 aliphatic carbocycles. The van der Waals surface area contributed by atoms with Gasteiger partial charge < -0.3 is 10.4 Å². The molecule has 2 aromatic rings. The zero-order valence-corrected chi connectivity index (χ0v) is 9.72. The van der Waals surface area contributed by atoms with Crippen LogP contribution in [-0.2, 0) is 6.61 Å². The number of aliphatic hydroxyl groups is 1. The summed E-state index contributed by atoms with van der Waals surface area (Å²) >= 11 is 0.832. The molecule has 0 saturated carbocycles. The van der Waals surface area contributed by atoms with Gasteiger partial charge in [-0.05, 0) is 17.6 Å². The van der Waals surface area contributed by atoms with Crippen LogP contribution < -0.4 is 5.32 Å². The molecule has 0 aromatic carbocycles. The van der Waals surface area contributed by atoms with Gasteiger partial charge in [0.15, 0.2) is 0 Å². The molecule has 2 aromatic heterocycles. The number of aliphatic hydroxyl groups excluding tert-OH is 1. The number of rotatable bonds is 4. The summed E-state index contributed by atoms with van der Waals surface area (Å²) in [6.07, 6.45) is -1.44. The van der Waals surface area contributed by atoms with Crippen LogP contribution in [0.4, 0.5) is 23.9 Å². The lowest BCUT2D eigenvalue weighted by Gasteiger charge is -2.08. The van der Waals surface area contributed by atoms with E-state index in [1.54, 1.807) is 0 Å². The van der Waals surface area contributed by atoms with E-state index in [4.69, 9.17) is 5.11 Å². The first-order valence-corrected chi connectivity index (χ1v) is 5.65. The molecule has 8 heteroatoms. The number of pyridine rings is 1. The van der Waals surface area contributed by atoms with Gasteiger partial charge in [0.05, 0.1) is 17.9 Å². The molecule has 0 fully saturated rings. The highest BCUT2D eigenvalue weighted by molar-refractivity contribution is 7.10. The van der Waals surface area contributed by atoms with Crippen LogP contribution in [0.1, 0.15) is 17.7 Å². The number of alkyl halides is 2. The average molecular weight is 275 g/mol. The van der Waals surface area contributed by atoms with Crippen molar-refractivity contribution in [3.05, 3.63) is 35.5 Å². The van der Waals surface area contributed by atoms with E-state index in [1.807, 2.05) is 0 Å². The van der Waals surface area contributed by atoms with Gasteiger partial charge in [-0.1, -0.05) is 0 Å². The summed E-state index contributed by atoms with van der Waals surface area (Å²) in [5.41, 5.74) is -0.0958. The van der Waals surface area contributed by atoms with Gasteiger partial charge in [-0.25, -0.2) is 13.8 Å². The Morgan fingerprint density at radius 2 is 2.22 bits per heavy atom. The zero-order chi connectivity index (χ0) is 13.1. The lowest BCUT2D eigenvalue weighted by molar-refractivity contribution is 0.147. The molecule has 0 radical (unpaired) electrons. The fraction of sp³-hybridized carbons (Fsp3) is 0.200. The second kappa shape index (κ2) is 5.32. The molecule has 4 nitrogen and oxygen atoms in total. The Bertz CT molecular complexity index is 547. The van der Waals surface area contributed by atoms with Crippen molar-refractivity contribution in [3.63, 3.8) is 0 Å². The van der Waals surface area contributed by atoms with Crippen LogP contribution in [0.15, 0.2) is 18.3 Å². The van der Waals surface area contributed by atoms with Crippen molar-refractivity contribution in [3.8, 4) is 0 Å². The molecule has 0 saturated heterocycles. The van der Waals surface area contributed by atoms with E-state index in [0.717, 1.165) is 11.5 Å². The summed E-state index contributed by atoms with van der Waals surface area (Å²) in [6.45, 7) is -0.539.